The van der Waals surface area contributed by atoms with Crippen molar-refractivity contribution in [3.63, 3.8) is 0 Å². The van der Waals surface area contributed by atoms with Gasteiger partial charge in [-0.15, -0.1) is 12.4 Å². The van der Waals surface area contributed by atoms with E-state index in [9.17, 15) is 14.4 Å². The molecule has 0 bridgehead atoms. The number of hydrogen-bond donors (Lipinski definition) is 3. The Bertz CT molecular complexity index is 586. The number of halogens is 1. The molecular formula is C17H25ClN2O5. The van der Waals surface area contributed by atoms with Crippen molar-refractivity contribution in [3.05, 3.63) is 35.9 Å². The molecule has 1 aromatic rings. The number of carbonyl (C=O) groups is 3. The fraction of sp³-hybridized carbons (Fsp3) is 0.471. The standard InChI is InChI=1S/C17H24N2O5.ClH/c1-17(2,3)24-16(23)14(11-8-6-5-7-9-11)19-15(22)12(18-4)10-13(20)21;/h5-9,12,14,18H,10H2,1-4H3,(H,19,22)(H,20,21);1H/t12-,14-;/m0./s1. The number of esters is 1. The van der Waals surface area contributed by atoms with Gasteiger partial charge in [0.2, 0.25) is 5.91 Å². The number of benzene rings is 1. The van der Waals surface area contributed by atoms with Crippen molar-refractivity contribution in [2.75, 3.05) is 7.05 Å². The predicted molar refractivity (Wildman–Crippen MR) is 95.5 cm³/mol. The highest BCUT2D eigenvalue weighted by atomic mass is 35.5. The van der Waals surface area contributed by atoms with Gasteiger partial charge in [-0.1, -0.05) is 30.3 Å². The van der Waals surface area contributed by atoms with Crippen LogP contribution in [0.5, 0.6) is 0 Å². The summed E-state index contributed by atoms with van der Waals surface area (Å²) in [4.78, 5) is 35.6. The summed E-state index contributed by atoms with van der Waals surface area (Å²) in [5.41, 5.74) is -0.150. The fourth-order valence-electron chi connectivity index (χ4n) is 2.03. The highest BCUT2D eigenvalue weighted by Gasteiger charge is 2.30. The van der Waals surface area contributed by atoms with E-state index in [0.717, 1.165) is 0 Å². The van der Waals surface area contributed by atoms with Crippen LogP contribution in [0, 0.1) is 0 Å². The Morgan fingerprint density at radius 3 is 2.16 bits per heavy atom. The molecule has 0 spiro atoms. The summed E-state index contributed by atoms with van der Waals surface area (Å²) >= 11 is 0. The molecule has 2 atom stereocenters. The number of nitrogens with one attached hydrogen (secondary N) is 2. The van der Waals surface area contributed by atoms with E-state index in [2.05, 4.69) is 10.6 Å². The third-order valence-corrected chi connectivity index (χ3v) is 3.11. The lowest BCUT2D eigenvalue weighted by molar-refractivity contribution is -0.159. The second-order valence-electron chi connectivity index (χ2n) is 6.32. The molecule has 140 valence electrons. The number of carboxylic acids is 1. The van der Waals surface area contributed by atoms with Crippen molar-refractivity contribution in [2.24, 2.45) is 0 Å². The van der Waals surface area contributed by atoms with E-state index in [0.29, 0.717) is 5.56 Å². The number of carboxylic acid groups (broad SMARTS) is 1. The van der Waals surface area contributed by atoms with Gasteiger partial charge in [-0.3, -0.25) is 9.59 Å². The topological polar surface area (TPSA) is 105 Å². The number of likely N-dealkylation sites (N-methyl/N-ethyl adjacent to an activating group) is 1. The second kappa shape index (κ2) is 10.0. The van der Waals surface area contributed by atoms with Crippen molar-refractivity contribution >= 4 is 30.3 Å². The largest absolute Gasteiger partial charge is 0.481 e. The number of aliphatic carboxylic acids is 1. The van der Waals surface area contributed by atoms with Gasteiger partial charge in [0.25, 0.3) is 0 Å². The zero-order chi connectivity index (χ0) is 18.3. The van der Waals surface area contributed by atoms with E-state index < -0.39 is 42.0 Å². The Morgan fingerprint density at radius 1 is 1.16 bits per heavy atom. The first-order chi connectivity index (χ1) is 11.1. The van der Waals surface area contributed by atoms with Gasteiger partial charge < -0.3 is 20.5 Å². The Morgan fingerprint density at radius 2 is 1.72 bits per heavy atom. The normalized spacial score (nSPS) is 13.1. The molecule has 0 aromatic heterocycles. The minimum absolute atomic E-state index is 0. The van der Waals surface area contributed by atoms with E-state index in [4.69, 9.17) is 9.84 Å². The van der Waals surface area contributed by atoms with Gasteiger partial charge in [-0.2, -0.15) is 0 Å². The number of carbonyl (C=O) groups excluding carboxylic acids is 2. The van der Waals surface area contributed by atoms with Crippen molar-refractivity contribution in [1.82, 2.24) is 10.6 Å². The molecule has 3 N–H and O–H groups in total. The molecule has 0 saturated heterocycles. The number of hydrogen-bond acceptors (Lipinski definition) is 5. The third-order valence-electron chi connectivity index (χ3n) is 3.11. The first kappa shape index (κ1) is 22.9. The molecular weight excluding hydrogens is 348 g/mol. The molecule has 0 radical (unpaired) electrons. The van der Waals surface area contributed by atoms with Gasteiger partial charge in [0, 0.05) is 0 Å². The Balaban J connectivity index is 0.00000576. The maximum atomic E-state index is 12.5. The van der Waals surface area contributed by atoms with E-state index in [1.807, 2.05) is 0 Å². The summed E-state index contributed by atoms with van der Waals surface area (Å²) in [6, 6.07) is 6.70. The number of rotatable bonds is 7. The second-order valence-corrected chi connectivity index (χ2v) is 6.32. The Kier molecular flexibility index (Phi) is 9.16. The molecule has 0 unspecified atom stereocenters. The summed E-state index contributed by atoms with van der Waals surface area (Å²) in [5.74, 6) is -2.30. The van der Waals surface area contributed by atoms with E-state index in [-0.39, 0.29) is 12.4 Å². The molecule has 0 aliphatic heterocycles. The lowest BCUT2D eigenvalue weighted by atomic mass is 10.1. The van der Waals surface area contributed by atoms with Gasteiger partial charge in [0.15, 0.2) is 6.04 Å². The van der Waals surface area contributed by atoms with Crippen molar-refractivity contribution in [2.45, 2.75) is 44.9 Å². The number of ether oxygens (including phenoxy) is 1. The molecule has 0 fully saturated rings. The molecule has 1 amide bonds. The van der Waals surface area contributed by atoms with Crippen LogP contribution in [0.25, 0.3) is 0 Å². The smallest absolute Gasteiger partial charge is 0.333 e. The molecule has 0 saturated carbocycles. The van der Waals surface area contributed by atoms with Crippen LogP contribution in [0.2, 0.25) is 0 Å². The molecule has 0 aliphatic carbocycles. The molecule has 25 heavy (non-hydrogen) atoms. The van der Waals surface area contributed by atoms with E-state index in [1.54, 1.807) is 51.1 Å². The lowest BCUT2D eigenvalue weighted by Gasteiger charge is -2.26. The fourth-order valence-corrected chi connectivity index (χ4v) is 2.03. The zero-order valence-electron chi connectivity index (χ0n) is 14.7. The van der Waals surface area contributed by atoms with Crippen LogP contribution in [0.3, 0.4) is 0 Å². The first-order valence-electron chi connectivity index (χ1n) is 7.61. The average Bonchev–Trinajstić information content (AvgIpc) is 2.48. The van der Waals surface area contributed by atoms with Gasteiger partial charge in [-0.25, -0.2) is 4.79 Å². The van der Waals surface area contributed by atoms with Crippen LogP contribution >= 0.6 is 12.4 Å². The quantitative estimate of drug-likeness (QED) is 0.629. The van der Waals surface area contributed by atoms with E-state index in [1.165, 1.54) is 7.05 Å². The van der Waals surface area contributed by atoms with E-state index >= 15 is 0 Å². The predicted octanol–water partition coefficient (Wildman–Crippen LogP) is 1.67. The van der Waals surface area contributed by atoms with Crippen LogP contribution in [-0.4, -0.2) is 41.6 Å². The Labute approximate surface area is 153 Å². The summed E-state index contributed by atoms with van der Waals surface area (Å²) in [6.07, 6.45) is -0.391. The molecule has 0 aliphatic rings. The van der Waals surface area contributed by atoms with Gasteiger partial charge in [0.05, 0.1) is 12.5 Å². The Hall–Kier alpha value is -2.12. The zero-order valence-corrected chi connectivity index (χ0v) is 15.6. The molecule has 7 nitrogen and oxygen atoms in total. The molecule has 1 aromatic carbocycles. The SMILES string of the molecule is CN[C@@H](CC(=O)O)C(=O)N[C@H](C(=O)OC(C)(C)C)c1ccccc1.Cl. The van der Waals surface area contributed by atoms with Crippen LogP contribution in [0.1, 0.15) is 38.8 Å². The first-order valence-corrected chi connectivity index (χ1v) is 7.61. The molecule has 0 heterocycles. The summed E-state index contributed by atoms with van der Waals surface area (Å²) in [5, 5.41) is 14.1. The summed E-state index contributed by atoms with van der Waals surface area (Å²) in [6.45, 7) is 5.20. The van der Waals surface area contributed by atoms with Crippen LogP contribution in [-0.2, 0) is 19.1 Å². The van der Waals surface area contributed by atoms with Gasteiger partial charge in [-0.05, 0) is 33.4 Å². The minimum atomic E-state index is -1.11. The highest BCUT2D eigenvalue weighted by Crippen LogP contribution is 2.19. The monoisotopic (exact) mass is 372 g/mol. The third kappa shape index (κ3) is 8.00. The number of amides is 1. The maximum absolute atomic E-state index is 12.5. The highest BCUT2D eigenvalue weighted by molar-refractivity contribution is 5.90. The lowest BCUT2D eigenvalue weighted by Crippen LogP contribution is -2.47. The van der Waals surface area contributed by atoms with Crippen molar-refractivity contribution in [1.29, 1.82) is 0 Å². The maximum Gasteiger partial charge on any atom is 0.333 e. The van der Waals surface area contributed by atoms with Crippen molar-refractivity contribution < 1.29 is 24.2 Å². The van der Waals surface area contributed by atoms with Gasteiger partial charge in [0.1, 0.15) is 5.60 Å². The molecule has 1 rings (SSSR count). The van der Waals surface area contributed by atoms with Crippen molar-refractivity contribution in [3.8, 4) is 0 Å². The summed E-state index contributed by atoms with van der Waals surface area (Å²) < 4.78 is 5.36. The summed E-state index contributed by atoms with van der Waals surface area (Å²) in [7, 11) is 1.48. The molecule has 8 heteroatoms. The van der Waals surface area contributed by atoms with Crippen LogP contribution in [0.15, 0.2) is 30.3 Å². The van der Waals surface area contributed by atoms with Crippen LogP contribution in [0.4, 0.5) is 0 Å². The minimum Gasteiger partial charge on any atom is -0.481 e. The average molecular weight is 373 g/mol. The van der Waals surface area contributed by atoms with Crippen LogP contribution < -0.4 is 10.6 Å². The van der Waals surface area contributed by atoms with Gasteiger partial charge >= 0.3 is 11.9 Å².